The second kappa shape index (κ2) is 8.68. The normalized spacial score (nSPS) is 27.0. The summed E-state index contributed by atoms with van der Waals surface area (Å²) in [6.07, 6.45) is 1.21. The second-order valence-electron chi connectivity index (χ2n) is 8.15. The first-order chi connectivity index (χ1) is 13.3. The minimum Gasteiger partial charge on any atom is -0.391 e. The zero-order valence-corrected chi connectivity index (χ0v) is 17.5. The average molecular weight is 400 g/mol. The first-order valence-corrected chi connectivity index (χ1v) is 10.5. The van der Waals surface area contributed by atoms with Crippen molar-refractivity contribution in [1.82, 2.24) is 0 Å². The van der Waals surface area contributed by atoms with E-state index in [0.717, 1.165) is 10.5 Å². The zero-order chi connectivity index (χ0) is 20.2. The van der Waals surface area contributed by atoms with Gasteiger partial charge in [-0.3, -0.25) is 0 Å². The number of oxime groups is 1. The molecule has 3 atom stereocenters. The molecule has 2 aromatic carbocycles. The minimum absolute atomic E-state index is 0.00647. The smallest absolute Gasteiger partial charge is 0.142 e. The van der Waals surface area contributed by atoms with Crippen molar-refractivity contribution in [3.63, 3.8) is 0 Å². The standard InChI is InChI=1S/C23H29NO3S/c1-22(2,25)18-14-20(24-27-16-17-10-6-4-7-11-17)23(3,26)21(15-18)28-19-12-8-5-9-13-19/h4-13,18,21,25-26H,14-16H2,1-3H3/b24-20-/t18-,21+,23+/m1/s1. The summed E-state index contributed by atoms with van der Waals surface area (Å²) in [7, 11) is 0. The van der Waals surface area contributed by atoms with Crippen molar-refractivity contribution in [2.24, 2.45) is 11.1 Å². The predicted octanol–water partition coefficient (Wildman–Crippen LogP) is 4.65. The molecule has 2 aromatic rings. The first-order valence-electron chi connectivity index (χ1n) is 9.66. The number of thioether (sulfide) groups is 1. The molecule has 0 saturated heterocycles. The van der Waals surface area contributed by atoms with Gasteiger partial charge in [-0.2, -0.15) is 0 Å². The van der Waals surface area contributed by atoms with Crippen molar-refractivity contribution < 1.29 is 15.1 Å². The van der Waals surface area contributed by atoms with Crippen LogP contribution in [0.4, 0.5) is 0 Å². The summed E-state index contributed by atoms with van der Waals surface area (Å²) in [5.74, 6) is -0.00647. The Bertz CT molecular complexity index is 784. The fourth-order valence-corrected chi connectivity index (χ4v) is 4.79. The SMILES string of the molecule is CC(C)(O)[C@@H]1C/C(=N/OCc2ccccc2)[C@](C)(O)[C@@H](Sc2ccccc2)C1. The van der Waals surface area contributed by atoms with Gasteiger partial charge in [-0.1, -0.05) is 53.7 Å². The summed E-state index contributed by atoms with van der Waals surface area (Å²) in [5, 5.41) is 26.2. The Kier molecular flexibility index (Phi) is 6.48. The van der Waals surface area contributed by atoms with Crippen LogP contribution in [-0.4, -0.2) is 32.4 Å². The van der Waals surface area contributed by atoms with Crippen LogP contribution in [0.2, 0.25) is 0 Å². The van der Waals surface area contributed by atoms with Gasteiger partial charge in [0.05, 0.1) is 11.3 Å². The van der Waals surface area contributed by atoms with Crippen molar-refractivity contribution in [2.45, 2.75) is 61.6 Å². The number of benzene rings is 2. The Morgan fingerprint density at radius 3 is 2.32 bits per heavy atom. The van der Waals surface area contributed by atoms with Crippen LogP contribution in [0.3, 0.4) is 0 Å². The molecule has 1 saturated carbocycles. The maximum absolute atomic E-state index is 11.3. The summed E-state index contributed by atoms with van der Waals surface area (Å²) in [6.45, 7) is 5.80. The highest BCUT2D eigenvalue weighted by Gasteiger charge is 2.48. The highest BCUT2D eigenvalue weighted by atomic mass is 32.2. The predicted molar refractivity (Wildman–Crippen MR) is 114 cm³/mol. The van der Waals surface area contributed by atoms with E-state index in [1.807, 2.05) is 74.5 Å². The summed E-state index contributed by atoms with van der Waals surface area (Å²) >= 11 is 1.63. The number of hydrogen-bond acceptors (Lipinski definition) is 5. The van der Waals surface area contributed by atoms with Gasteiger partial charge in [-0.25, -0.2) is 0 Å². The third kappa shape index (κ3) is 5.16. The summed E-state index contributed by atoms with van der Waals surface area (Å²) in [6, 6.07) is 19.9. The molecule has 0 heterocycles. The van der Waals surface area contributed by atoms with E-state index in [4.69, 9.17) is 4.84 Å². The van der Waals surface area contributed by atoms with Gasteiger partial charge in [0, 0.05) is 10.1 Å². The van der Waals surface area contributed by atoms with Crippen LogP contribution in [-0.2, 0) is 11.4 Å². The largest absolute Gasteiger partial charge is 0.391 e. The monoisotopic (exact) mass is 399 g/mol. The lowest BCUT2D eigenvalue weighted by Crippen LogP contribution is -2.54. The number of hydrogen-bond donors (Lipinski definition) is 2. The van der Waals surface area contributed by atoms with Gasteiger partial charge in [-0.05, 0) is 57.2 Å². The van der Waals surface area contributed by atoms with Crippen LogP contribution in [0.1, 0.15) is 39.2 Å². The maximum atomic E-state index is 11.3. The van der Waals surface area contributed by atoms with Crippen molar-refractivity contribution in [3.05, 3.63) is 66.2 Å². The van der Waals surface area contributed by atoms with Crippen LogP contribution in [0.5, 0.6) is 0 Å². The van der Waals surface area contributed by atoms with E-state index in [-0.39, 0.29) is 11.2 Å². The molecule has 0 spiro atoms. The molecule has 0 unspecified atom stereocenters. The first kappa shape index (κ1) is 20.9. The molecule has 5 heteroatoms. The highest BCUT2D eigenvalue weighted by Crippen LogP contribution is 2.44. The average Bonchev–Trinajstić information content (AvgIpc) is 2.65. The van der Waals surface area contributed by atoms with Crippen LogP contribution < -0.4 is 0 Å². The lowest BCUT2D eigenvalue weighted by atomic mass is 9.72. The molecular weight excluding hydrogens is 370 g/mol. The molecule has 1 fully saturated rings. The quantitative estimate of drug-likeness (QED) is 0.694. The molecule has 3 rings (SSSR count). The Labute approximate surface area is 171 Å². The van der Waals surface area contributed by atoms with Gasteiger partial charge < -0.3 is 15.1 Å². The molecule has 28 heavy (non-hydrogen) atoms. The highest BCUT2D eigenvalue weighted by molar-refractivity contribution is 8.00. The maximum Gasteiger partial charge on any atom is 0.142 e. The molecule has 4 nitrogen and oxygen atoms in total. The van der Waals surface area contributed by atoms with E-state index < -0.39 is 11.2 Å². The van der Waals surface area contributed by atoms with Crippen molar-refractivity contribution in [3.8, 4) is 0 Å². The van der Waals surface area contributed by atoms with E-state index in [9.17, 15) is 10.2 Å². The molecule has 0 aromatic heterocycles. The van der Waals surface area contributed by atoms with E-state index in [0.29, 0.717) is 25.2 Å². The summed E-state index contributed by atoms with van der Waals surface area (Å²) in [4.78, 5) is 6.68. The van der Waals surface area contributed by atoms with Crippen molar-refractivity contribution >= 4 is 17.5 Å². The van der Waals surface area contributed by atoms with E-state index in [2.05, 4.69) is 5.16 Å². The third-order valence-corrected chi connectivity index (χ3v) is 6.90. The molecular formula is C23H29NO3S. The lowest BCUT2D eigenvalue weighted by Gasteiger charge is -2.44. The second-order valence-corrected chi connectivity index (χ2v) is 9.43. The molecule has 1 aliphatic rings. The van der Waals surface area contributed by atoms with Gasteiger partial charge in [0.15, 0.2) is 0 Å². The van der Waals surface area contributed by atoms with Crippen molar-refractivity contribution in [2.75, 3.05) is 0 Å². The molecule has 2 N–H and O–H groups in total. The number of aliphatic hydroxyl groups is 2. The molecule has 150 valence electrons. The van der Waals surface area contributed by atoms with Gasteiger partial charge in [-0.15, -0.1) is 11.8 Å². The Hall–Kier alpha value is -1.82. The molecule has 1 aliphatic carbocycles. The summed E-state index contributed by atoms with van der Waals surface area (Å²) in [5.41, 5.74) is -0.350. The fourth-order valence-electron chi connectivity index (χ4n) is 3.45. The van der Waals surface area contributed by atoms with E-state index >= 15 is 0 Å². The van der Waals surface area contributed by atoms with Gasteiger partial charge in [0.2, 0.25) is 0 Å². The van der Waals surface area contributed by atoms with Crippen LogP contribution >= 0.6 is 11.8 Å². The van der Waals surface area contributed by atoms with Crippen LogP contribution in [0.25, 0.3) is 0 Å². The Balaban J connectivity index is 1.80. The van der Waals surface area contributed by atoms with Crippen molar-refractivity contribution in [1.29, 1.82) is 0 Å². The Morgan fingerprint density at radius 1 is 1.11 bits per heavy atom. The van der Waals surface area contributed by atoms with E-state index in [1.165, 1.54) is 0 Å². The van der Waals surface area contributed by atoms with Gasteiger partial charge in [0.25, 0.3) is 0 Å². The summed E-state index contributed by atoms with van der Waals surface area (Å²) < 4.78 is 0. The van der Waals surface area contributed by atoms with Crippen LogP contribution in [0.15, 0.2) is 70.7 Å². The number of nitrogens with zero attached hydrogens (tertiary/aromatic N) is 1. The number of rotatable bonds is 6. The molecule has 0 bridgehead atoms. The van der Waals surface area contributed by atoms with Crippen LogP contribution in [0, 0.1) is 5.92 Å². The molecule has 0 aliphatic heterocycles. The lowest BCUT2D eigenvalue weighted by molar-refractivity contribution is -0.00607. The fraction of sp³-hybridized carbons (Fsp3) is 0.435. The minimum atomic E-state index is -1.11. The topological polar surface area (TPSA) is 62.1 Å². The third-order valence-electron chi connectivity index (χ3n) is 5.42. The van der Waals surface area contributed by atoms with Gasteiger partial charge in [0.1, 0.15) is 12.2 Å². The van der Waals surface area contributed by atoms with Gasteiger partial charge >= 0.3 is 0 Å². The molecule has 0 radical (unpaired) electrons. The zero-order valence-electron chi connectivity index (χ0n) is 16.7. The molecule has 0 amide bonds. The van der Waals surface area contributed by atoms with E-state index in [1.54, 1.807) is 18.7 Å². The Morgan fingerprint density at radius 2 is 1.71 bits per heavy atom.